The van der Waals surface area contributed by atoms with Crippen LogP contribution in [0, 0.1) is 19.3 Å². The van der Waals surface area contributed by atoms with Gasteiger partial charge in [0.15, 0.2) is 0 Å². The normalized spacial score (nSPS) is 18.2. The second kappa shape index (κ2) is 13.3. The molecule has 2 aromatic carbocycles. The molecule has 1 aliphatic heterocycles. The number of carbonyl (C=O) groups is 1. The van der Waals surface area contributed by atoms with Crippen LogP contribution in [-0.4, -0.2) is 58.3 Å². The number of carbonyl (C=O) groups excluding carboxylic acids is 1. The quantitative estimate of drug-likeness (QED) is 0.240. The standard InChI is InChI=1S/C37H45N7O3S/c1-24-10-7-11-25(2)34(24)32-19-27-16-17-30(20-37(3,4)5)44(23-28-21-38-22-33(39-28)43(6)29-13-9-14-29)35(45)26-12-8-15-31(18-26)48(46,47)42-36(40-27)41-32/h7-8,10-12,15,18-19,21-22,29-30H,9,13-14,16-17,20,23H2,1-6H3,(H,40,41,42)/t30-/m0/s1. The lowest BCUT2D eigenvalue weighted by Gasteiger charge is -2.37. The van der Waals surface area contributed by atoms with E-state index in [0.717, 1.165) is 35.3 Å². The maximum Gasteiger partial charge on any atom is 0.264 e. The van der Waals surface area contributed by atoms with Crippen molar-refractivity contribution in [2.75, 3.05) is 16.7 Å². The number of aryl methyl sites for hydroxylation is 3. The van der Waals surface area contributed by atoms with Crippen molar-refractivity contribution >= 4 is 27.7 Å². The monoisotopic (exact) mass is 667 g/mol. The summed E-state index contributed by atoms with van der Waals surface area (Å²) in [7, 11) is -2.07. The lowest BCUT2D eigenvalue weighted by Crippen LogP contribution is -2.42. The third-order valence-corrected chi connectivity index (χ3v) is 10.7. The van der Waals surface area contributed by atoms with Gasteiger partial charge < -0.3 is 9.80 Å². The molecule has 11 heteroatoms. The fourth-order valence-corrected chi connectivity index (χ4v) is 7.68. The van der Waals surface area contributed by atoms with Gasteiger partial charge >= 0.3 is 0 Å². The number of anilines is 2. The molecule has 1 saturated carbocycles. The molecule has 252 valence electrons. The average Bonchev–Trinajstić information content (AvgIpc) is 3.00. The van der Waals surface area contributed by atoms with Crippen LogP contribution in [0.15, 0.2) is 65.8 Å². The molecule has 1 amide bonds. The Hall–Kier alpha value is -4.38. The highest BCUT2D eigenvalue weighted by Crippen LogP contribution is 2.32. The zero-order valence-corrected chi connectivity index (χ0v) is 29.5. The molecular weight excluding hydrogens is 623 g/mol. The van der Waals surface area contributed by atoms with E-state index in [1.165, 1.54) is 18.6 Å². The van der Waals surface area contributed by atoms with Gasteiger partial charge in [-0.05, 0) is 93.2 Å². The van der Waals surface area contributed by atoms with E-state index in [2.05, 4.69) is 35.4 Å². The minimum Gasteiger partial charge on any atom is -0.355 e. The number of rotatable bonds is 6. The molecule has 1 aliphatic carbocycles. The SMILES string of the molecule is Cc1cccc(C)c1-c1cc2nc(n1)NS(=O)(=O)c1cccc(c1)C(=O)N(Cc1cncc(N(C)C3CCC3)n1)[C@H](CC(C)(C)C)CC2. The first-order valence-corrected chi connectivity index (χ1v) is 18.2. The Morgan fingerprint density at radius 2 is 1.69 bits per heavy atom. The van der Waals surface area contributed by atoms with Crippen LogP contribution in [0.3, 0.4) is 0 Å². The van der Waals surface area contributed by atoms with Crippen LogP contribution < -0.4 is 9.62 Å². The van der Waals surface area contributed by atoms with Crippen LogP contribution >= 0.6 is 0 Å². The molecule has 6 rings (SSSR count). The maximum atomic E-state index is 14.5. The molecule has 0 unspecified atom stereocenters. The van der Waals surface area contributed by atoms with Crippen molar-refractivity contribution in [1.29, 1.82) is 0 Å². The van der Waals surface area contributed by atoms with Crippen LogP contribution in [-0.2, 0) is 23.0 Å². The summed E-state index contributed by atoms with van der Waals surface area (Å²) in [5.41, 5.74) is 5.23. The first kappa shape index (κ1) is 33.5. The van der Waals surface area contributed by atoms with E-state index in [9.17, 15) is 13.2 Å². The van der Waals surface area contributed by atoms with Crippen molar-refractivity contribution in [3.8, 4) is 11.3 Å². The predicted octanol–water partition coefficient (Wildman–Crippen LogP) is 6.73. The number of hydrogen-bond acceptors (Lipinski definition) is 8. The molecule has 2 aliphatic rings. The van der Waals surface area contributed by atoms with Crippen molar-refractivity contribution < 1.29 is 13.2 Å². The van der Waals surface area contributed by atoms with Crippen LogP contribution in [0.5, 0.6) is 0 Å². The summed E-state index contributed by atoms with van der Waals surface area (Å²) in [6.45, 7) is 10.8. The smallest absolute Gasteiger partial charge is 0.264 e. The summed E-state index contributed by atoms with van der Waals surface area (Å²) < 4.78 is 30.1. The second-order valence-corrected chi connectivity index (χ2v) is 16.1. The van der Waals surface area contributed by atoms with E-state index >= 15 is 0 Å². The molecule has 0 radical (unpaired) electrons. The predicted molar refractivity (Wildman–Crippen MR) is 188 cm³/mol. The van der Waals surface area contributed by atoms with Crippen molar-refractivity contribution in [1.82, 2.24) is 24.8 Å². The number of sulfonamides is 1. The highest BCUT2D eigenvalue weighted by atomic mass is 32.2. The van der Waals surface area contributed by atoms with Gasteiger partial charge in [-0.2, -0.15) is 0 Å². The Labute approximate surface area is 284 Å². The van der Waals surface area contributed by atoms with Gasteiger partial charge in [-0.25, -0.2) is 28.1 Å². The molecule has 3 heterocycles. The zero-order valence-electron chi connectivity index (χ0n) is 28.7. The number of aromatic nitrogens is 4. The van der Waals surface area contributed by atoms with E-state index in [-0.39, 0.29) is 40.3 Å². The van der Waals surface area contributed by atoms with E-state index in [1.54, 1.807) is 24.5 Å². The summed E-state index contributed by atoms with van der Waals surface area (Å²) in [6, 6.07) is 14.4. The van der Waals surface area contributed by atoms with Gasteiger partial charge in [0.05, 0.1) is 35.2 Å². The maximum absolute atomic E-state index is 14.5. The number of nitrogens with zero attached hydrogens (tertiary/aromatic N) is 6. The lowest BCUT2D eigenvalue weighted by atomic mass is 9.85. The molecule has 1 fully saturated rings. The van der Waals surface area contributed by atoms with E-state index in [1.807, 2.05) is 50.1 Å². The fraction of sp³-hybridized carbons (Fsp3) is 0.432. The zero-order chi connectivity index (χ0) is 34.2. The first-order valence-electron chi connectivity index (χ1n) is 16.7. The molecule has 4 bridgehead atoms. The number of amides is 1. The summed E-state index contributed by atoms with van der Waals surface area (Å²) in [5.74, 6) is 0.539. The second-order valence-electron chi connectivity index (χ2n) is 14.4. The Morgan fingerprint density at radius 1 is 0.958 bits per heavy atom. The molecule has 2 aromatic heterocycles. The lowest BCUT2D eigenvalue weighted by molar-refractivity contribution is 0.0592. The van der Waals surface area contributed by atoms with Crippen molar-refractivity contribution in [3.05, 3.63) is 89.0 Å². The Morgan fingerprint density at radius 3 is 2.38 bits per heavy atom. The van der Waals surface area contributed by atoms with E-state index in [4.69, 9.17) is 15.0 Å². The molecule has 10 nitrogen and oxygen atoms in total. The minimum atomic E-state index is -4.11. The molecule has 1 atom stereocenters. The fourth-order valence-electron chi connectivity index (χ4n) is 6.69. The topological polar surface area (TPSA) is 121 Å². The Kier molecular flexibility index (Phi) is 9.26. The average molecular weight is 668 g/mol. The number of nitrogens with one attached hydrogen (secondary N) is 1. The molecular formula is C37H45N7O3S. The highest BCUT2D eigenvalue weighted by Gasteiger charge is 2.31. The van der Waals surface area contributed by atoms with Gasteiger partial charge in [-0.15, -0.1) is 0 Å². The molecule has 0 spiro atoms. The van der Waals surface area contributed by atoms with Crippen molar-refractivity contribution in [2.45, 2.75) is 96.7 Å². The summed E-state index contributed by atoms with van der Waals surface area (Å²) in [4.78, 5) is 37.4. The van der Waals surface area contributed by atoms with Gasteiger partial charge in [-0.1, -0.05) is 45.0 Å². The number of fused-ring (bicyclic) bond motifs is 4. The molecule has 1 N–H and O–H groups in total. The Bertz CT molecular complexity index is 1920. The summed E-state index contributed by atoms with van der Waals surface area (Å²) in [6.07, 6.45) is 8.79. The Balaban J connectivity index is 1.46. The van der Waals surface area contributed by atoms with Gasteiger partial charge in [0.1, 0.15) is 5.82 Å². The van der Waals surface area contributed by atoms with E-state index < -0.39 is 10.0 Å². The first-order chi connectivity index (χ1) is 22.8. The largest absolute Gasteiger partial charge is 0.355 e. The van der Waals surface area contributed by atoms with Gasteiger partial charge in [-0.3, -0.25) is 9.78 Å². The third kappa shape index (κ3) is 7.36. The molecule has 4 aromatic rings. The number of hydrogen-bond donors (Lipinski definition) is 1. The van der Waals surface area contributed by atoms with Gasteiger partial charge in [0.2, 0.25) is 5.95 Å². The van der Waals surface area contributed by atoms with Gasteiger partial charge in [0.25, 0.3) is 15.9 Å². The van der Waals surface area contributed by atoms with Crippen LogP contribution in [0.1, 0.15) is 85.7 Å². The highest BCUT2D eigenvalue weighted by molar-refractivity contribution is 7.92. The van der Waals surface area contributed by atoms with E-state index in [0.29, 0.717) is 42.4 Å². The van der Waals surface area contributed by atoms with Crippen LogP contribution in [0.2, 0.25) is 0 Å². The summed E-state index contributed by atoms with van der Waals surface area (Å²) >= 11 is 0. The van der Waals surface area contributed by atoms with Crippen molar-refractivity contribution in [3.63, 3.8) is 0 Å². The van der Waals surface area contributed by atoms with Gasteiger partial charge in [0, 0.05) is 36.0 Å². The van der Waals surface area contributed by atoms with Crippen LogP contribution in [0.4, 0.5) is 11.8 Å². The van der Waals surface area contributed by atoms with Crippen LogP contribution in [0.25, 0.3) is 11.3 Å². The third-order valence-electron chi connectivity index (χ3n) is 9.40. The number of benzene rings is 2. The minimum absolute atomic E-state index is 0.00743. The molecule has 0 saturated heterocycles. The summed E-state index contributed by atoms with van der Waals surface area (Å²) in [5, 5.41) is 0. The van der Waals surface area contributed by atoms with Crippen molar-refractivity contribution in [2.24, 2.45) is 5.41 Å². The molecule has 48 heavy (non-hydrogen) atoms.